The molecule has 5 rings (SSSR count). The molecule has 2 aromatic rings. The molecule has 2 aromatic heterocycles. The maximum atomic E-state index is 14.0. The van der Waals surface area contributed by atoms with E-state index in [0.29, 0.717) is 29.8 Å². The highest BCUT2D eigenvalue weighted by molar-refractivity contribution is 6.30. The highest BCUT2D eigenvalue weighted by atomic mass is 35.5. The van der Waals surface area contributed by atoms with Crippen LogP contribution in [0.3, 0.4) is 0 Å². The SMILES string of the molecule is CC1=CC(OCc2ncc(F)cc2F)=C(Cl)CN1c1cc(N2C=CC=C(C(C)(C)O)C2)ncc1C1CC1. The Bertz CT molecular complexity index is 1340. The molecule has 2 aliphatic heterocycles. The van der Waals surface area contributed by atoms with Crippen LogP contribution in [0.4, 0.5) is 20.3 Å². The number of nitrogens with zero attached hydrogens (tertiary/aromatic N) is 4. The smallest absolute Gasteiger partial charge is 0.151 e. The van der Waals surface area contributed by atoms with Gasteiger partial charge >= 0.3 is 0 Å². The fourth-order valence-electron chi connectivity index (χ4n) is 4.43. The molecule has 1 saturated carbocycles. The quantitative estimate of drug-likeness (QED) is 0.473. The molecular weight excluding hydrogens is 498 g/mol. The van der Waals surface area contributed by atoms with Crippen LogP contribution in [0.5, 0.6) is 0 Å². The van der Waals surface area contributed by atoms with E-state index in [4.69, 9.17) is 21.3 Å². The third kappa shape index (κ3) is 5.55. The van der Waals surface area contributed by atoms with Gasteiger partial charge in [0.15, 0.2) is 5.82 Å². The Labute approximate surface area is 220 Å². The summed E-state index contributed by atoms with van der Waals surface area (Å²) in [6.45, 7) is 6.29. The minimum atomic E-state index is -0.924. The largest absolute Gasteiger partial charge is 0.486 e. The monoisotopic (exact) mass is 526 g/mol. The Morgan fingerprint density at radius 1 is 1.16 bits per heavy atom. The van der Waals surface area contributed by atoms with Crippen LogP contribution in [0.1, 0.15) is 50.8 Å². The van der Waals surface area contributed by atoms with Crippen LogP contribution in [0, 0.1) is 11.6 Å². The summed E-state index contributed by atoms with van der Waals surface area (Å²) >= 11 is 6.65. The van der Waals surface area contributed by atoms with E-state index in [0.717, 1.165) is 47.9 Å². The van der Waals surface area contributed by atoms with Crippen LogP contribution < -0.4 is 9.80 Å². The average Bonchev–Trinajstić information content (AvgIpc) is 3.70. The Morgan fingerprint density at radius 2 is 1.95 bits per heavy atom. The van der Waals surface area contributed by atoms with Gasteiger partial charge in [-0.25, -0.2) is 13.8 Å². The Balaban J connectivity index is 1.38. The van der Waals surface area contributed by atoms with Gasteiger partial charge in [-0.1, -0.05) is 17.7 Å². The van der Waals surface area contributed by atoms with Crippen molar-refractivity contribution < 1.29 is 18.6 Å². The van der Waals surface area contributed by atoms with Crippen molar-refractivity contribution in [3.05, 3.63) is 93.9 Å². The standard InChI is InChI=1S/C28H29ClF2N4O2/c1-17-9-26(37-16-24-23(31)10-20(30)12-32-24)22(29)15-35(17)25-11-27(33-13-21(25)18-6-7-18)34-8-4-5-19(14-34)28(2,3)36/h4-5,8-13,18,36H,6-7,14-16H2,1-3H3. The number of rotatable bonds is 7. The van der Waals surface area contributed by atoms with Gasteiger partial charge in [-0.2, -0.15) is 0 Å². The first-order chi connectivity index (χ1) is 17.6. The number of aromatic nitrogens is 2. The molecule has 194 valence electrons. The normalized spacial score (nSPS) is 18.2. The van der Waals surface area contributed by atoms with Gasteiger partial charge in [0, 0.05) is 48.5 Å². The lowest BCUT2D eigenvalue weighted by Crippen LogP contribution is -2.33. The van der Waals surface area contributed by atoms with Crippen LogP contribution in [0.2, 0.25) is 0 Å². The Kier molecular flexibility index (Phi) is 6.81. The second-order valence-electron chi connectivity index (χ2n) is 10.1. The minimum absolute atomic E-state index is 0.00991. The molecule has 0 radical (unpaired) electrons. The van der Waals surface area contributed by atoms with Gasteiger partial charge in [-0.15, -0.1) is 0 Å². The van der Waals surface area contributed by atoms with Gasteiger partial charge in [-0.05, 0) is 56.7 Å². The van der Waals surface area contributed by atoms with Crippen molar-refractivity contribution in [2.75, 3.05) is 22.9 Å². The lowest BCUT2D eigenvalue weighted by molar-refractivity contribution is 0.118. The van der Waals surface area contributed by atoms with Crippen LogP contribution in [0.25, 0.3) is 0 Å². The topological polar surface area (TPSA) is 61.7 Å². The molecular formula is C28H29ClF2N4O2. The van der Waals surface area contributed by atoms with Crippen LogP contribution in [-0.4, -0.2) is 33.8 Å². The fourth-order valence-corrected chi connectivity index (χ4v) is 4.66. The van der Waals surface area contributed by atoms with E-state index in [9.17, 15) is 13.9 Å². The highest BCUT2D eigenvalue weighted by Crippen LogP contribution is 2.46. The van der Waals surface area contributed by atoms with Crippen molar-refractivity contribution >= 4 is 23.1 Å². The van der Waals surface area contributed by atoms with E-state index in [1.807, 2.05) is 42.4 Å². The molecule has 4 heterocycles. The van der Waals surface area contributed by atoms with E-state index < -0.39 is 17.2 Å². The number of pyridine rings is 2. The van der Waals surface area contributed by atoms with Crippen molar-refractivity contribution in [3.63, 3.8) is 0 Å². The molecule has 9 heteroatoms. The van der Waals surface area contributed by atoms with Crippen molar-refractivity contribution in [2.45, 2.75) is 51.7 Å². The lowest BCUT2D eigenvalue weighted by Gasteiger charge is -2.33. The molecule has 0 unspecified atom stereocenters. The Morgan fingerprint density at radius 3 is 2.65 bits per heavy atom. The number of allylic oxidation sites excluding steroid dienone is 4. The molecule has 0 saturated heterocycles. The van der Waals surface area contributed by atoms with Crippen molar-refractivity contribution in [3.8, 4) is 0 Å². The molecule has 1 fully saturated rings. The summed E-state index contributed by atoms with van der Waals surface area (Å²) in [6.07, 6.45) is 12.8. The van der Waals surface area contributed by atoms with E-state index in [2.05, 4.69) is 16.0 Å². The van der Waals surface area contributed by atoms with Crippen LogP contribution in [-0.2, 0) is 11.3 Å². The van der Waals surface area contributed by atoms with Gasteiger partial charge in [0.05, 0.1) is 23.4 Å². The number of hydrogen-bond donors (Lipinski definition) is 1. The van der Waals surface area contributed by atoms with E-state index in [1.54, 1.807) is 13.8 Å². The summed E-state index contributed by atoms with van der Waals surface area (Å²) in [6, 6.07) is 2.85. The third-order valence-electron chi connectivity index (χ3n) is 6.77. The van der Waals surface area contributed by atoms with E-state index in [-0.39, 0.29) is 12.3 Å². The first-order valence-electron chi connectivity index (χ1n) is 12.2. The molecule has 0 atom stereocenters. The fraction of sp³-hybridized carbons (Fsp3) is 0.357. The van der Waals surface area contributed by atoms with Gasteiger partial charge < -0.3 is 19.6 Å². The molecule has 37 heavy (non-hydrogen) atoms. The van der Waals surface area contributed by atoms with Crippen LogP contribution >= 0.6 is 11.6 Å². The highest BCUT2D eigenvalue weighted by Gasteiger charge is 2.31. The Hall–Kier alpha value is -3.23. The van der Waals surface area contributed by atoms with Gasteiger partial charge in [0.2, 0.25) is 0 Å². The molecule has 0 aromatic carbocycles. The molecule has 1 N–H and O–H groups in total. The summed E-state index contributed by atoms with van der Waals surface area (Å²) in [5, 5.41) is 11.0. The number of hydrogen-bond acceptors (Lipinski definition) is 6. The zero-order chi connectivity index (χ0) is 26.3. The summed E-state index contributed by atoms with van der Waals surface area (Å²) in [7, 11) is 0. The van der Waals surface area contributed by atoms with Crippen molar-refractivity contribution in [2.24, 2.45) is 0 Å². The number of ether oxygens (including phenoxy) is 1. The van der Waals surface area contributed by atoms with E-state index >= 15 is 0 Å². The lowest BCUT2D eigenvalue weighted by atomic mass is 9.96. The van der Waals surface area contributed by atoms with Gasteiger partial charge in [0.25, 0.3) is 0 Å². The summed E-state index contributed by atoms with van der Waals surface area (Å²) in [5.74, 6) is 0.169. The number of aliphatic hydroxyl groups is 1. The maximum absolute atomic E-state index is 14.0. The average molecular weight is 527 g/mol. The third-order valence-corrected chi connectivity index (χ3v) is 7.07. The predicted molar refractivity (Wildman–Crippen MR) is 140 cm³/mol. The second kappa shape index (κ2) is 9.91. The second-order valence-corrected chi connectivity index (χ2v) is 10.6. The minimum Gasteiger partial charge on any atom is -0.486 e. The first kappa shape index (κ1) is 25.4. The summed E-state index contributed by atoms with van der Waals surface area (Å²) in [5.41, 5.74) is 3.10. The molecule has 0 bridgehead atoms. The molecule has 6 nitrogen and oxygen atoms in total. The van der Waals surface area contributed by atoms with Crippen LogP contribution in [0.15, 0.2) is 71.0 Å². The maximum Gasteiger partial charge on any atom is 0.151 e. The van der Waals surface area contributed by atoms with Gasteiger partial charge in [-0.3, -0.25) is 4.98 Å². The van der Waals surface area contributed by atoms with Crippen molar-refractivity contribution in [1.29, 1.82) is 0 Å². The summed E-state index contributed by atoms with van der Waals surface area (Å²) < 4.78 is 32.9. The van der Waals surface area contributed by atoms with E-state index in [1.165, 1.54) is 5.56 Å². The van der Waals surface area contributed by atoms with Gasteiger partial charge in [0.1, 0.15) is 29.7 Å². The van der Waals surface area contributed by atoms with Crippen molar-refractivity contribution in [1.82, 2.24) is 9.97 Å². The molecule has 1 aliphatic carbocycles. The summed E-state index contributed by atoms with van der Waals surface area (Å²) in [4.78, 5) is 12.7. The zero-order valence-corrected chi connectivity index (χ0v) is 21.8. The zero-order valence-electron chi connectivity index (χ0n) is 21.0. The molecule has 0 amide bonds. The number of halogens is 3. The number of anilines is 2. The molecule has 3 aliphatic rings. The molecule has 0 spiro atoms. The predicted octanol–water partition coefficient (Wildman–Crippen LogP) is 6.05. The first-order valence-corrected chi connectivity index (χ1v) is 12.6.